The average Bonchev–Trinajstić information content (AvgIpc) is 2.63. The van der Waals surface area contributed by atoms with Crippen LogP contribution in [0.15, 0.2) is 10.9 Å². The summed E-state index contributed by atoms with van der Waals surface area (Å²) >= 11 is 14.0. The fourth-order valence-corrected chi connectivity index (χ4v) is 2.64. The number of aromatic nitrogens is 2. The van der Waals surface area contributed by atoms with Crippen LogP contribution in [0.2, 0.25) is 10.0 Å². The van der Waals surface area contributed by atoms with Crippen molar-refractivity contribution in [2.24, 2.45) is 0 Å². The summed E-state index contributed by atoms with van der Waals surface area (Å²) in [6.07, 6.45) is -0.747. The molecule has 5 nitrogen and oxygen atoms in total. The third-order valence-electron chi connectivity index (χ3n) is 2.27. The van der Waals surface area contributed by atoms with Crippen molar-refractivity contribution in [2.45, 2.75) is 6.92 Å². The molecule has 0 saturated heterocycles. The van der Waals surface area contributed by atoms with Gasteiger partial charge in [0, 0.05) is 3.57 Å². The molecule has 1 aromatic heterocycles. The van der Waals surface area contributed by atoms with E-state index in [1.807, 2.05) is 22.6 Å². The molecule has 0 amide bonds. The van der Waals surface area contributed by atoms with Crippen molar-refractivity contribution in [1.29, 1.82) is 0 Å². The van der Waals surface area contributed by atoms with E-state index in [9.17, 15) is 9.59 Å². The van der Waals surface area contributed by atoms with E-state index in [2.05, 4.69) is 4.98 Å². The topological polar surface area (TPSA) is 64.1 Å². The van der Waals surface area contributed by atoms with Gasteiger partial charge in [-0.15, -0.1) is 0 Å². The molecule has 0 aliphatic carbocycles. The number of carbonyl (C=O) groups is 1. The molecule has 2 rings (SSSR count). The first-order valence-corrected chi connectivity index (χ1v) is 6.76. The molecule has 0 fully saturated rings. The van der Waals surface area contributed by atoms with Gasteiger partial charge in [0.2, 0.25) is 0 Å². The second-order valence-corrected chi connectivity index (χ2v) is 5.26. The summed E-state index contributed by atoms with van der Waals surface area (Å²) in [5.41, 5.74) is 0.0563. The van der Waals surface area contributed by atoms with Gasteiger partial charge in [0.1, 0.15) is 0 Å². The van der Waals surface area contributed by atoms with E-state index < -0.39 is 11.8 Å². The zero-order valence-corrected chi connectivity index (χ0v) is 12.8. The lowest BCUT2D eigenvalue weighted by atomic mass is 10.3. The normalized spacial score (nSPS) is 10.9. The number of nitrogens with one attached hydrogen (secondary N) is 1. The van der Waals surface area contributed by atoms with E-state index in [0.717, 1.165) is 4.57 Å². The summed E-state index contributed by atoms with van der Waals surface area (Å²) in [6, 6.07) is 1.60. The maximum Gasteiger partial charge on any atom is 0.422 e. The number of nitrogens with zero attached hydrogens (tertiary/aromatic N) is 1. The number of H-pyrrole nitrogens is 1. The van der Waals surface area contributed by atoms with E-state index >= 15 is 0 Å². The third-order valence-corrected chi connectivity index (χ3v) is 4.30. The lowest BCUT2D eigenvalue weighted by molar-refractivity contribution is 0.154. The third kappa shape index (κ3) is 2.12. The number of imidazole rings is 1. The molecule has 8 heteroatoms. The van der Waals surface area contributed by atoms with Crippen molar-refractivity contribution in [1.82, 2.24) is 9.55 Å². The average molecular weight is 401 g/mol. The fraction of sp³-hybridized carbons (Fsp3) is 0.200. The van der Waals surface area contributed by atoms with Crippen molar-refractivity contribution >= 4 is 62.9 Å². The smallest absolute Gasteiger partial charge is 0.422 e. The quantitative estimate of drug-likeness (QED) is 0.590. The summed E-state index contributed by atoms with van der Waals surface area (Å²) in [6.45, 7) is 1.84. The van der Waals surface area contributed by atoms with Crippen molar-refractivity contribution in [3.8, 4) is 0 Å². The first kappa shape index (κ1) is 13.7. The SMILES string of the molecule is CCOC(=O)n1c(=O)[nH]c2c(Cl)c(Cl)c(I)cc21. The molecule has 1 N–H and O–H groups in total. The van der Waals surface area contributed by atoms with Crippen molar-refractivity contribution < 1.29 is 9.53 Å². The summed E-state index contributed by atoms with van der Waals surface area (Å²) in [4.78, 5) is 25.9. The van der Waals surface area contributed by atoms with Crippen LogP contribution in [0.4, 0.5) is 4.79 Å². The molecule has 2 aromatic rings. The van der Waals surface area contributed by atoms with Crippen LogP contribution in [0.1, 0.15) is 6.92 Å². The number of aromatic amines is 1. The van der Waals surface area contributed by atoms with Gasteiger partial charge in [-0.25, -0.2) is 9.59 Å². The van der Waals surface area contributed by atoms with Gasteiger partial charge in [-0.3, -0.25) is 0 Å². The lowest BCUT2D eigenvalue weighted by Crippen LogP contribution is -2.25. The van der Waals surface area contributed by atoms with E-state index in [-0.39, 0.29) is 11.6 Å². The maximum absolute atomic E-state index is 11.7. The second-order valence-electron chi connectivity index (χ2n) is 3.34. The molecule has 96 valence electrons. The number of rotatable bonds is 1. The summed E-state index contributed by atoms with van der Waals surface area (Å²) in [7, 11) is 0. The number of carbonyl (C=O) groups excluding carboxylic acids is 1. The van der Waals surface area contributed by atoms with Crippen LogP contribution in [0, 0.1) is 3.57 Å². The highest BCUT2D eigenvalue weighted by Crippen LogP contribution is 2.33. The van der Waals surface area contributed by atoms with Crippen LogP contribution in [0.25, 0.3) is 11.0 Å². The van der Waals surface area contributed by atoms with Crippen LogP contribution in [-0.2, 0) is 4.74 Å². The first-order chi connectivity index (χ1) is 8.47. The first-order valence-electron chi connectivity index (χ1n) is 4.92. The van der Waals surface area contributed by atoms with Crippen LogP contribution in [0.3, 0.4) is 0 Å². The van der Waals surface area contributed by atoms with Gasteiger partial charge in [-0.05, 0) is 35.6 Å². The molecule has 18 heavy (non-hydrogen) atoms. The Morgan fingerprint density at radius 2 is 2.17 bits per heavy atom. The van der Waals surface area contributed by atoms with Crippen LogP contribution < -0.4 is 5.69 Å². The van der Waals surface area contributed by atoms with Crippen LogP contribution in [-0.4, -0.2) is 22.3 Å². The van der Waals surface area contributed by atoms with Crippen molar-refractivity contribution in [3.05, 3.63) is 30.2 Å². The van der Waals surface area contributed by atoms with E-state index in [0.29, 0.717) is 19.6 Å². The Hall–Kier alpha value is -0.730. The summed E-state index contributed by atoms with van der Waals surface area (Å²) < 4.78 is 6.35. The monoisotopic (exact) mass is 400 g/mol. The molecule has 0 unspecified atom stereocenters. The second kappa shape index (κ2) is 5.10. The van der Waals surface area contributed by atoms with E-state index in [4.69, 9.17) is 27.9 Å². The Balaban J connectivity index is 2.80. The highest BCUT2D eigenvalue weighted by atomic mass is 127. The maximum atomic E-state index is 11.7. The van der Waals surface area contributed by atoms with Gasteiger partial charge in [0.25, 0.3) is 0 Å². The van der Waals surface area contributed by atoms with Gasteiger partial charge in [0.15, 0.2) is 0 Å². The Morgan fingerprint density at radius 3 is 2.78 bits per heavy atom. The molecule has 1 heterocycles. The van der Waals surface area contributed by atoms with Crippen molar-refractivity contribution in [2.75, 3.05) is 6.61 Å². The lowest BCUT2D eigenvalue weighted by Gasteiger charge is -2.04. The van der Waals surface area contributed by atoms with Gasteiger partial charge in [0.05, 0.1) is 27.7 Å². The molecule has 0 radical (unpaired) electrons. The Morgan fingerprint density at radius 1 is 1.50 bits per heavy atom. The highest BCUT2D eigenvalue weighted by molar-refractivity contribution is 14.1. The minimum Gasteiger partial charge on any atom is -0.449 e. The largest absolute Gasteiger partial charge is 0.449 e. The zero-order chi connectivity index (χ0) is 13.4. The van der Waals surface area contributed by atoms with Gasteiger partial charge < -0.3 is 9.72 Å². The van der Waals surface area contributed by atoms with Gasteiger partial charge in [-0.2, -0.15) is 4.57 Å². The standard InChI is InChI=1S/C10H7Cl2IN2O3/c1-2-18-10(17)15-5-3-4(13)6(11)7(12)8(5)14-9(15)16/h3H,2H2,1H3,(H,14,16). The Bertz CT molecular complexity index is 692. The predicted molar refractivity (Wildman–Crippen MR) is 77.7 cm³/mol. The van der Waals surface area contributed by atoms with Gasteiger partial charge >= 0.3 is 11.8 Å². The molecule has 0 aliphatic rings. The van der Waals surface area contributed by atoms with E-state index in [1.165, 1.54) is 0 Å². The minimum absolute atomic E-state index is 0.177. The molecular formula is C10H7Cl2IN2O3. The number of hydrogen-bond donors (Lipinski definition) is 1. The number of ether oxygens (including phenoxy) is 1. The van der Waals surface area contributed by atoms with Crippen LogP contribution >= 0.6 is 45.8 Å². The predicted octanol–water partition coefficient (Wildman–Crippen LogP) is 3.25. The fourth-order valence-electron chi connectivity index (χ4n) is 1.52. The van der Waals surface area contributed by atoms with Gasteiger partial charge in [-0.1, -0.05) is 23.2 Å². The number of fused-ring (bicyclic) bond motifs is 1. The number of hydrogen-bond acceptors (Lipinski definition) is 3. The molecule has 1 aromatic carbocycles. The summed E-state index contributed by atoms with van der Waals surface area (Å²) in [5.74, 6) is 0. The Kier molecular flexibility index (Phi) is 3.88. The van der Waals surface area contributed by atoms with E-state index in [1.54, 1.807) is 13.0 Å². The Labute approximate surface area is 125 Å². The molecule has 0 atom stereocenters. The van der Waals surface area contributed by atoms with Crippen molar-refractivity contribution in [3.63, 3.8) is 0 Å². The molecular weight excluding hydrogens is 394 g/mol. The summed E-state index contributed by atoms with van der Waals surface area (Å²) in [5, 5.41) is 0.542. The van der Waals surface area contributed by atoms with Crippen LogP contribution in [0.5, 0.6) is 0 Å². The molecule has 0 bridgehead atoms. The minimum atomic E-state index is -0.747. The molecule has 0 spiro atoms. The number of benzene rings is 1. The molecule has 0 saturated carbocycles. The highest BCUT2D eigenvalue weighted by Gasteiger charge is 2.19. The number of halogens is 3. The molecule has 0 aliphatic heterocycles. The zero-order valence-electron chi connectivity index (χ0n) is 9.09.